The summed E-state index contributed by atoms with van der Waals surface area (Å²) in [5.41, 5.74) is 3.66. The molecule has 0 aliphatic carbocycles. The van der Waals surface area contributed by atoms with Crippen LogP contribution >= 0.6 is 11.3 Å². The number of amides is 1. The van der Waals surface area contributed by atoms with Crippen molar-refractivity contribution in [3.05, 3.63) is 58.4 Å². The molecule has 1 heterocycles. The van der Waals surface area contributed by atoms with Crippen LogP contribution in [0.3, 0.4) is 0 Å². The number of thiazole rings is 1. The third-order valence-corrected chi connectivity index (χ3v) is 6.43. The van der Waals surface area contributed by atoms with Crippen LogP contribution in [-0.4, -0.2) is 32.2 Å². The van der Waals surface area contributed by atoms with Crippen LogP contribution < -0.4 is 14.8 Å². The first-order valence-electron chi connectivity index (χ1n) is 9.29. The second kappa shape index (κ2) is 9.27. The van der Waals surface area contributed by atoms with Gasteiger partial charge in [-0.05, 0) is 31.5 Å². The quantitative estimate of drug-likeness (QED) is 0.545. The minimum absolute atomic E-state index is 0.0461. The number of nitrogens with one attached hydrogen (secondary N) is 2. The Bertz CT molecular complexity index is 1140. The number of carbonyl (C=O) groups excluding carboxylic acids is 1. The first-order valence-corrected chi connectivity index (χ1v) is 11.8. The lowest BCUT2D eigenvalue weighted by molar-refractivity contribution is -0.115. The molecule has 0 unspecified atom stereocenters. The molecule has 0 saturated carbocycles. The van der Waals surface area contributed by atoms with E-state index in [1.165, 1.54) is 7.11 Å². The number of hydrogen-bond acceptors (Lipinski definition) is 6. The molecule has 9 heteroatoms. The van der Waals surface area contributed by atoms with Crippen molar-refractivity contribution in [2.75, 3.05) is 22.9 Å². The number of nitrogens with zero attached hydrogens (tertiary/aromatic N) is 1. The summed E-state index contributed by atoms with van der Waals surface area (Å²) < 4.78 is 31.3. The third-order valence-electron chi connectivity index (χ3n) is 4.36. The minimum Gasteiger partial charge on any atom is -0.494 e. The van der Waals surface area contributed by atoms with Crippen molar-refractivity contribution in [1.29, 1.82) is 0 Å². The van der Waals surface area contributed by atoms with Gasteiger partial charge in [0.1, 0.15) is 5.75 Å². The van der Waals surface area contributed by atoms with Crippen molar-refractivity contribution in [2.45, 2.75) is 20.3 Å². The van der Waals surface area contributed by atoms with E-state index in [-0.39, 0.29) is 18.1 Å². The number of sulfonamides is 1. The van der Waals surface area contributed by atoms with Crippen LogP contribution in [0, 0.1) is 6.92 Å². The summed E-state index contributed by atoms with van der Waals surface area (Å²) in [5, 5.41) is 5.83. The van der Waals surface area contributed by atoms with Gasteiger partial charge in [-0.25, -0.2) is 13.4 Å². The standard InChI is InChI=1S/C21H23N3O4S2/c1-4-30(26,27)24-18-10-9-17(12-20(18)28-3)23-21(25)11-15-5-7-16(8-6-15)19-13-29-14(2)22-19/h5-10,12-13,24H,4,11H2,1-3H3,(H,23,25). The van der Waals surface area contributed by atoms with E-state index in [1.807, 2.05) is 36.6 Å². The number of aromatic nitrogens is 1. The lowest BCUT2D eigenvalue weighted by Crippen LogP contribution is -2.16. The van der Waals surface area contributed by atoms with Gasteiger partial charge < -0.3 is 10.1 Å². The SMILES string of the molecule is CCS(=O)(=O)Nc1ccc(NC(=O)Cc2ccc(-c3csc(C)n3)cc2)cc1OC. The molecule has 30 heavy (non-hydrogen) atoms. The summed E-state index contributed by atoms with van der Waals surface area (Å²) in [6.07, 6.45) is 0.211. The zero-order chi connectivity index (χ0) is 21.7. The third kappa shape index (κ3) is 5.58. The highest BCUT2D eigenvalue weighted by Gasteiger charge is 2.13. The molecule has 0 radical (unpaired) electrons. The monoisotopic (exact) mass is 445 g/mol. The second-order valence-corrected chi connectivity index (χ2v) is 9.67. The Kier molecular flexibility index (Phi) is 6.73. The summed E-state index contributed by atoms with van der Waals surface area (Å²) in [6.45, 7) is 3.51. The molecule has 0 spiro atoms. The molecule has 2 N–H and O–H groups in total. The van der Waals surface area contributed by atoms with Gasteiger partial charge in [0, 0.05) is 22.7 Å². The molecule has 0 fully saturated rings. The Morgan fingerprint density at radius 3 is 2.50 bits per heavy atom. The molecule has 0 atom stereocenters. The molecule has 0 aliphatic rings. The molecule has 2 aromatic carbocycles. The zero-order valence-corrected chi connectivity index (χ0v) is 18.6. The lowest BCUT2D eigenvalue weighted by atomic mass is 10.1. The predicted molar refractivity (Wildman–Crippen MR) is 121 cm³/mol. The molecule has 3 aromatic rings. The van der Waals surface area contributed by atoms with Gasteiger partial charge in [0.25, 0.3) is 0 Å². The highest BCUT2D eigenvalue weighted by molar-refractivity contribution is 7.92. The fourth-order valence-corrected chi connectivity index (χ4v) is 4.04. The summed E-state index contributed by atoms with van der Waals surface area (Å²) in [5.74, 6) is 0.0964. The number of rotatable bonds is 8. The number of methoxy groups -OCH3 is 1. The van der Waals surface area contributed by atoms with E-state index in [4.69, 9.17) is 4.74 Å². The summed E-state index contributed by atoms with van der Waals surface area (Å²) in [6, 6.07) is 12.5. The summed E-state index contributed by atoms with van der Waals surface area (Å²) in [7, 11) is -1.98. The molecule has 0 bridgehead atoms. The van der Waals surface area contributed by atoms with Crippen molar-refractivity contribution in [2.24, 2.45) is 0 Å². The second-order valence-electron chi connectivity index (χ2n) is 6.59. The van der Waals surface area contributed by atoms with Crippen molar-refractivity contribution in [3.8, 4) is 17.0 Å². The van der Waals surface area contributed by atoms with Crippen molar-refractivity contribution < 1.29 is 17.9 Å². The van der Waals surface area contributed by atoms with Crippen LogP contribution in [0.5, 0.6) is 5.75 Å². The molecule has 1 aromatic heterocycles. The van der Waals surface area contributed by atoms with Gasteiger partial charge in [0.15, 0.2) is 0 Å². The Morgan fingerprint density at radius 2 is 1.90 bits per heavy atom. The van der Waals surface area contributed by atoms with Gasteiger partial charge in [-0.2, -0.15) is 0 Å². The van der Waals surface area contributed by atoms with Crippen LogP contribution in [0.15, 0.2) is 47.8 Å². The van der Waals surface area contributed by atoms with E-state index in [2.05, 4.69) is 15.0 Å². The van der Waals surface area contributed by atoms with Crippen molar-refractivity contribution >= 4 is 38.6 Å². The average Bonchev–Trinajstić information content (AvgIpc) is 3.15. The average molecular weight is 446 g/mol. The highest BCUT2D eigenvalue weighted by atomic mass is 32.2. The molecule has 3 rings (SSSR count). The van der Waals surface area contributed by atoms with Gasteiger partial charge >= 0.3 is 0 Å². The Morgan fingerprint density at radius 1 is 1.17 bits per heavy atom. The molecular weight excluding hydrogens is 422 g/mol. The topological polar surface area (TPSA) is 97.4 Å². The van der Waals surface area contributed by atoms with Crippen molar-refractivity contribution in [1.82, 2.24) is 4.98 Å². The fourth-order valence-electron chi connectivity index (χ4n) is 2.77. The van der Waals surface area contributed by atoms with E-state index in [0.29, 0.717) is 17.1 Å². The molecular formula is C21H23N3O4S2. The predicted octanol–water partition coefficient (Wildman–Crippen LogP) is 4.07. The Labute approximate surface area is 180 Å². The van der Waals surface area contributed by atoms with E-state index < -0.39 is 10.0 Å². The maximum Gasteiger partial charge on any atom is 0.232 e. The van der Waals surface area contributed by atoms with Gasteiger partial charge in [-0.3, -0.25) is 9.52 Å². The van der Waals surface area contributed by atoms with E-state index in [9.17, 15) is 13.2 Å². The smallest absolute Gasteiger partial charge is 0.232 e. The largest absolute Gasteiger partial charge is 0.494 e. The number of ether oxygens (including phenoxy) is 1. The number of benzene rings is 2. The fraction of sp³-hybridized carbons (Fsp3) is 0.238. The van der Waals surface area contributed by atoms with Crippen LogP contribution in [0.25, 0.3) is 11.3 Å². The Hall–Kier alpha value is -2.91. The lowest BCUT2D eigenvalue weighted by Gasteiger charge is -2.13. The number of carbonyl (C=O) groups is 1. The molecule has 7 nitrogen and oxygen atoms in total. The van der Waals surface area contributed by atoms with Crippen LogP contribution in [0.1, 0.15) is 17.5 Å². The van der Waals surface area contributed by atoms with Crippen LogP contribution in [0.4, 0.5) is 11.4 Å². The maximum absolute atomic E-state index is 12.4. The van der Waals surface area contributed by atoms with Gasteiger partial charge in [-0.15, -0.1) is 11.3 Å². The van der Waals surface area contributed by atoms with Gasteiger partial charge in [-0.1, -0.05) is 24.3 Å². The van der Waals surface area contributed by atoms with Gasteiger partial charge in [0.05, 0.1) is 35.7 Å². The summed E-state index contributed by atoms with van der Waals surface area (Å²) in [4.78, 5) is 16.9. The molecule has 0 saturated heterocycles. The maximum atomic E-state index is 12.4. The highest BCUT2D eigenvalue weighted by Crippen LogP contribution is 2.29. The minimum atomic E-state index is -3.43. The first kappa shape index (κ1) is 21.8. The zero-order valence-electron chi connectivity index (χ0n) is 16.9. The normalized spacial score (nSPS) is 11.2. The number of hydrogen-bond donors (Lipinski definition) is 2. The molecule has 158 valence electrons. The first-order chi connectivity index (χ1) is 14.3. The van der Waals surface area contributed by atoms with E-state index >= 15 is 0 Å². The number of anilines is 2. The molecule has 1 amide bonds. The summed E-state index contributed by atoms with van der Waals surface area (Å²) >= 11 is 1.60. The van der Waals surface area contributed by atoms with Gasteiger partial charge in [0.2, 0.25) is 15.9 Å². The van der Waals surface area contributed by atoms with Crippen molar-refractivity contribution in [3.63, 3.8) is 0 Å². The van der Waals surface area contributed by atoms with E-state index in [1.54, 1.807) is 36.5 Å². The van der Waals surface area contributed by atoms with E-state index in [0.717, 1.165) is 21.8 Å². The number of aryl methyl sites for hydroxylation is 1. The van der Waals surface area contributed by atoms with Crippen LogP contribution in [-0.2, 0) is 21.2 Å². The Balaban J connectivity index is 1.65. The van der Waals surface area contributed by atoms with Crippen LogP contribution in [0.2, 0.25) is 0 Å². The molecule has 0 aliphatic heterocycles.